The van der Waals surface area contributed by atoms with Crippen molar-refractivity contribution >= 4 is 11.6 Å². The molecular formula is C15H20N4O2. The molecule has 2 N–H and O–H groups in total. The molecule has 0 saturated heterocycles. The van der Waals surface area contributed by atoms with Gasteiger partial charge in [0.2, 0.25) is 5.91 Å². The van der Waals surface area contributed by atoms with Gasteiger partial charge in [-0.25, -0.2) is 9.50 Å². The van der Waals surface area contributed by atoms with Gasteiger partial charge in [-0.15, -0.1) is 0 Å². The number of H-pyrrole nitrogens is 1. The highest BCUT2D eigenvalue weighted by molar-refractivity contribution is 5.79. The predicted octanol–water partition coefficient (Wildman–Crippen LogP) is 1.70. The maximum atomic E-state index is 12.2. The van der Waals surface area contributed by atoms with E-state index >= 15 is 0 Å². The van der Waals surface area contributed by atoms with Crippen LogP contribution >= 0.6 is 0 Å². The van der Waals surface area contributed by atoms with Crippen molar-refractivity contribution in [3.63, 3.8) is 0 Å². The van der Waals surface area contributed by atoms with E-state index in [0.29, 0.717) is 11.3 Å². The highest BCUT2D eigenvalue weighted by atomic mass is 16.2. The van der Waals surface area contributed by atoms with Gasteiger partial charge in [-0.1, -0.05) is 12.8 Å². The average molecular weight is 288 g/mol. The number of aromatic nitrogens is 3. The molecule has 1 saturated carbocycles. The Morgan fingerprint density at radius 3 is 2.86 bits per heavy atom. The number of aromatic amines is 1. The monoisotopic (exact) mass is 288 g/mol. The normalized spacial score (nSPS) is 17.2. The second-order valence-electron chi connectivity index (χ2n) is 5.86. The van der Waals surface area contributed by atoms with Gasteiger partial charge in [0, 0.05) is 23.7 Å². The van der Waals surface area contributed by atoms with Gasteiger partial charge in [0.25, 0.3) is 5.56 Å². The number of fused-ring (bicyclic) bond motifs is 1. The smallest absolute Gasteiger partial charge is 0.272 e. The summed E-state index contributed by atoms with van der Waals surface area (Å²) in [5.41, 5.74) is 1.90. The SMILES string of the molecule is Cc1cc2nc(C(C)NC(=O)C3CCCC3)cc(=O)n2[nH]1. The van der Waals surface area contributed by atoms with E-state index in [2.05, 4.69) is 15.4 Å². The molecule has 1 fully saturated rings. The number of hydrogen-bond donors (Lipinski definition) is 2. The van der Waals surface area contributed by atoms with Crippen LogP contribution in [0.4, 0.5) is 0 Å². The lowest BCUT2D eigenvalue weighted by Gasteiger charge is -2.16. The molecule has 2 heterocycles. The summed E-state index contributed by atoms with van der Waals surface area (Å²) < 4.78 is 1.41. The number of amides is 1. The molecule has 1 atom stereocenters. The van der Waals surface area contributed by atoms with Crippen molar-refractivity contribution < 1.29 is 4.79 Å². The Balaban J connectivity index is 1.82. The molecule has 0 aromatic carbocycles. The van der Waals surface area contributed by atoms with E-state index < -0.39 is 0 Å². The van der Waals surface area contributed by atoms with Crippen molar-refractivity contribution in [2.24, 2.45) is 5.92 Å². The number of carbonyl (C=O) groups is 1. The van der Waals surface area contributed by atoms with Crippen LogP contribution in [0.25, 0.3) is 5.65 Å². The first-order chi connectivity index (χ1) is 10.0. The minimum absolute atomic E-state index is 0.0762. The van der Waals surface area contributed by atoms with Gasteiger partial charge >= 0.3 is 0 Å². The summed E-state index contributed by atoms with van der Waals surface area (Å²) in [4.78, 5) is 28.6. The lowest BCUT2D eigenvalue weighted by molar-refractivity contribution is -0.125. The number of nitrogens with one attached hydrogen (secondary N) is 2. The van der Waals surface area contributed by atoms with E-state index in [1.165, 1.54) is 10.6 Å². The fourth-order valence-electron chi connectivity index (χ4n) is 2.94. The first kappa shape index (κ1) is 13.9. The highest BCUT2D eigenvalue weighted by Gasteiger charge is 2.24. The van der Waals surface area contributed by atoms with Gasteiger partial charge in [0.15, 0.2) is 5.65 Å². The van der Waals surface area contributed by atoms with Crippen molar-refractivity contribution in [2.75, 3.05) is 0 Å². The maximum Gasteiger partial charge on any atom is 0.272 e. The van der Waals surface area contributed by atoms with Crippen LogP contribution in [0.2, 0.25) is 0 Å². The van der Waals surface area contributed by atoms with Crippen LogP contribution < -0.4 is 10.9 Å². The molecule has 1 aliphatic carbocycles. The minimum atomic E-state index is -0.258. The summed E-state index contributed by atoms with van der Waals surface area (Å²) in [6.07, 6.45) is 4.18. The summed E-state index contributed by atoms with van der Waals surface area (Å²) in [6.45, 7) is 3.74. The molecule has 6 nitrogen and oxygen atoms in total. The van der Waals surface area contributed by atoms with E-state index in [4.69, 9.17) is 0 Å². The van der Waals surface area contributed by atoms with Crippen molar-refractivity contribution in [2.45, 2.75) is 45.6 Å². The summed E-state index contributed by atoms with van der Waals surface area (Å²) in [7, 11) is 0. The molecule has 21 heavy (non-hydrogen) atoms. The Labute approximate surface area is 122 Å². The van der Waals surface area contributed by atoms with E-state index in [-0.39, 0.29) is 23.4 Å². The van der Waals surface area contributed by atoms with Gasteiger partial charge in [-0.2, -0.15) is 0 Å². The van der Waals surface area contributed by atoms with Gasteiger partial charge in [0.05, 0.1) is 11.7 Å². The van der Waals surface area contributed by atoms with Gasteiger partial charge < -0.3 is 5.32 Å². The van der Waals surface area contributed by atoms with Crippen LogP contribution in [-0.2, 0) is 4.79 Å². The molecule has 112 valence electrons. The molecule has 1 unspecified atom stereocenters. The van der Waals surface area contributed by atoms with Gasteiger partial charge in [0.1, 0.15) is 0 Å². The van der Waals surface area contributed by atoms with Crippen molar-refractivity contribution in [1.29, 1.82) is 0 Å². The van der Waals surface area contributed by atoms with E-state index in [0.717, 1.165) is 31.4 Å². The third kappa shape index (κ3) is 2.70. The Kier molecular flexibility index (Phi) is 3.53. The minimum Gasteiger partial charge on any atom is -0.348 e. The second kappa shape index (κ2) is 5.35. The molecule has 2 aromatic heterocycles. The van der Waals surface area contributed by atoms with Crippen LogP contribution in [-0.4, -0.2) is 20.5 Å². The Bertz CT molecular complexity index is 725. The Morgan fingerprint density at radius 1 is 1.43 bits per heavy atom. The molecule has 0 aliphatic heterocycles. The van der Waals surface area contributed by atoms with Gasteiger partial charge in [-0.3, -0.25) is 14.7 Å². The standard InChI is InChI=1S/C15H20N4O2/c1-9-7-13-17-12(8-14(20)19(13)18-9)10(2)16-15(21)11-5-3-4-6-11/h7-8,10-11,18H,3-6H2,1-2H3,(H,16,21). The van der Waals surface area contributed by atoms with Gasteiger partial charge in [-0.05, 0) is 26.7 Å². The van der Waals surface area contributed by atoms with E-state index in [9.17, 15) is 9.59 Å². The number of aryl methyl sites for hydroxylation is 1. The van der Waals surface area contributed by atoms with Crippen molar-refractivity contribution in [3.05, 3.63) is 33.9 Å². The zero-order chi connectivity index (χ0) is 15.0. The summed E-state index contributed by atoms with van der Waals surface area (Å²) in [6, 6.07) is 3.03. The summed E-state index contributed by atoms with van der Waals surface area (Å²) >= 11 is 0. The van der Waals surface area contributed by atoms with Crippen LogP contribution in [0.5, 0.6) is 0 Å². The summed E-state index contributed by atoms with van der Waals surface area (Å²) in [5.74, 6) is 0.194. The fourth-order valence-corrected chi connectivity index (χ4v) is 2.94. The van der Waals surface area contributed by atoms with Crippen LogP contribution in [0, 0.1) is 12.8 Å². The quantitative estimate of drug-likeness (QED) is 0.902. The fraction of sp³-hybridized carbons (Fsp3) is 0.533. The first-order valence-corrected chi connectivity index (χ1v) is 7.44. The third-order valence-electron chi connectivity index (χ3n) is 4.13. The third-order valence-corrected chi connectivity index (χ3v) is 4.13. The van der Waals surface area contributed by atoms with Crippen LogP contribution in [0.15, 0.2) is 16.9 Å². The zero-order valence-electron chi connectivity index (χ0n) is 12.3. The zero-order valence-corrected chi connectivity index (χ0v) is 12.3. The first-order valence-electron chi connectivity index (χ1n) is 7.44. The second-order valence-corrected chi connectivity index (χ2v) is 5.86. The lowest BCUT2D eigenvalue weighted by Crippen LogP contribution is -2.32. The lowest BCUT2D eigenvalue weighted by atomic mass is 10.1. The number of nitrogens with zero attached hydrogens (tertiary/aromatic N) is 2. The summed E-state index contributed by atoms with van der Waals surface area (Å²) in [5, 5.41) is 5.91. The topological polar surface area (TPSA) is 79.3 Å². The molecule has 1 aliphatic rings. The maximum absolute atomic E-state index is 12.2. The molecule has 2 aromatic rings. The largest absolute Gasteiger partial charge is 0.348 e. The van der Waals surface area contributed by atoms with E-state index in [1.807, 2.05) is 19.9 Å². The number of hydrogen-bond acceptors (Lipinski definition) is 3. The van der Waals surface area contributed by atoms with Crippen molar-refractivity contribution in [1.82, 2.24) is 19.9 Å². The highest BCUT2D eigenvalue weighted by Crippen LogP contribution is 2.25. The number of rotatable bonds is 3. The molecule has 0 bridgehead atoms. The molecule has 0 radical (unpaired) electrons. The van der Waals surface area contributed by atoms with Crippen LogP contribution in [0.3, 0.4) is 0 Å². The van der Waals surface area contributed by atoms with Crippen molar-refractivity contribution in [3.8, 4) is 0 Å². The van der Waals surface area contributed by atoms with E-state index in [1.54, 1.807) is 0 Å². The molecular weight excluding hydrogens is 268 g/mol. The molecule has 3 rings (SSSR count). The van der Waals surface area contributed by atoms with Crippen LogP contribution in [0.1, 0.15) is 50.0 Å². The molecule has 1 amide bonds. The molecule has 0 spiro atoms. The Hall–Kier alpha value is -2.11. The average Bonchev–Trinajstić information content (AvgIpc) is 3.06. The number of carbonyl (C=O) groups excluding carboxylic acids is 1. The molecule has 6 heteroatoms. The predicted molar refractivity (Wildman–Crippen MR) is 79.1 cm³/mol. The Morgan fingerprint density at radius 2 is 2.14 bits per heavy atom.